The molecule has 1 atom stereocenters. The van der Waals surface area contributed by atoms with Crippen LogP contribution >= 0.6 is 0 Å². The number of aromatic nitrogens is 1. The molecule has 126 valence electrons. The van der Waals surface area contributed by atoms with E-state index < -0.39 is 17.6 Å². The van der Waals surface area contributed by atoms with E-state index in [0.29, 0.717) is 16.8 Å². The number of nitrogens with zero attached hydrogens (tertiary/aromatic N) is 2. The Morgan fingerprint density at radius 1 is 1.28 bits per heavy atom. The van der Waals surface area contributed by atoms with E-state index in [9.17, 15) is 14.0 Å². The number of carbonyl (C=O) groups is 2. The van der Waals surface area contributed by atoms with Gasteiger partial charge in [0.2, 0.25) is 17.7 Å². The molecule has 2 amide bonds. The van der Waals surface area contributed by atoms with Crippen LogP contribution in [0.15, 0.2) is 46.9 Å². The Morgan fingerprint density at radius 3 is 2.80 bits per heavy atom. The lowest BCUT2D eigenvalue weighted by atomic mass is 10.1. The number of carbonyl (C=O) groups excluding carboxylic acids is 2. The molecular formula is C18H14FN3O3. The topological polar surface area (TPSA) is 89.4 Å². The largest absolute Gasteiger partial charge is 0.436 e. The van der Waals surface area contributed by atoms with E-state index in [0.717, 1.165) is 0 Å². The van der Waals surface area contributed by atoms with Crippen molar-refractivity contribution in [2.75, 3.05) is 11.4 Å². The highest BCUT2D eigenvalue weighted by Crippen LogP contribution is 2.31. The van der Waals surface area contributed by atoms with Gasteiger partial charge in [0.15, 0.2) is 5.58 Å². The van der Waals surface area contributed by atoms with Gasteiger partial charge in [-0.15, -0.1) is 0 Å². The molecule has 25 heavy (non-hydrogen) atoms. The molecule has 1 fully saturated rings. The van der Waals surface area contributed by atoms with Gasteiger partial charge >= 0.3 is 0 Å². The number of amides is 2. The minimum Gasteiger partial charge on any atom is -0.436 e. The van der Waals surface area contributed by atoms with Crippen LogP contribution in [0.2, 0.25) is 0 Å². The number of nitrogens with two attached hydrogens (primary N) is 1. The average Bonchev–Trinajstić information content (AvgIpc) is 3.18. The summed E-state index contributed by atoms with van der Waals surface area (Å²) < 4.78 is 19.5. The number of anilines is 1. The second kappa shape index (κ2) is 5.70. The average molecular weight is 339 g/mol. The lowest BCUT2D eigenvalue weighted by Gasteiger charge is -2.15. The molecular weight excluding hydrogens is 325 g/mol. The molecule has 1 aromatic heterocycles. The van der Waals surface area contributed by atoms with Crippen LogP contribution in [-0.2, 0) is 9.59 Å². The summed E-state index contributed by atoms with van der Waals surface area (Å²) in [6, 6.07) is 11.3. The maximum atomic E-state index is 13.9. The Hall–Kier alpha value is -3.22. The third-order valence-corrected chi connectivity index (χ3v) is 4.31. The van der Waals surface area contributed by atoms with E-state index in [2.05, 4.69) is 4.98 Å². The van der Waals surface area contributed by atoms with Crippen LogP contribution in [0.1, 0.15) is 6.42 Å². The Kier molecular flexibility index (Phi) is 3.49. The van der Waals surface area contributed by atoms with Gasteiger partial charge in [0.1, 0.15) is 11.3 Å². The monoisotopic (exact) mass is 339 g/mol. The summed E-state index contributed by atoms with van der Waals surface area (Å²) in [5.74, 6) is -1.39. The Balaban J connectivity index is 1.71. The maximum absolute atomic E-state index is 13.9. The molecule has 1 aliphatic heterocycles. The number of halogens is 1. The fourth-order valence-electron chi connectivity index (χ4n) is 2.98. The number of rotatable bonds is 3. The van der Waals surface area contributed by atoms with Crippen molar-refractivity contribution in [2.45, 2.75) is 6.42 Å². The van der Waals surface area contributed by atoms with Gasteiger partial charge < -0.3 is 15.1 Å². The van der Waals surface area contributed by atoms with Crippen LogP contribution in [0.5, 0.6) is 0 Å². The van der Waals surface area contributed by atoms with Crippen LogP contribution in [0.4, 0.5) is 10.1 Å². The molecule has 1 saturated heterocycles. The molecule has 2 N–H and O–H groups in total. The normalized spacial score (nSPS) is 17.4. The minimum atomic E-state index is -0.491. The fraction of sp³-hybridized carbons (Fsp3) is 0.167. The summed E-state index contributed by atoms with van der Waals surface area (Å²) in [6.45, 7) is 0.248. The third kappa shape index (κ3) is 2.63. The Morgan fingerprint density at radius 2 is 2.08 bits per heavy atom. The van der Waals surface area contributed by atoms with Gasteiger partial charge in [-0.25, -0.2) is 9.37 Å². The van der Waals surface area contributed by atoms with Gasteiger partial charge in [-0.2, -0.15) is 0 Å². The summed E-state index contributed by atoms with van der Waals surface area (Å²) in [5, 5.41) is 0. The highest BCUT2D eigenvalue weighted by Gasteiger charge is 2.34. The van der Waals surface area contributed by atoms with Crippen molar-refractivity contribution in [3.05, 3.63) is 48.3 Å². The van der Waals surface area contributed by atoms with Crippen molar-refractivity contribution in [1.82, 2.24) is 4.98 Å². The molecule has 0 spiro atoms. The molecule has 0 aliphatic carbocycles. The highest BCUT2D eigenvalue weighted by molar-refractivity contribution is 6.01. The second-order valence-electron chi connectivity index (χ2n) is 5.96. The third-order valence-electron chi connectivity index (χ3n) is 4.31. The second-order valence-corrected chi connectivity index (χ2v) is 5.96. The predicted octanol–water partition coefficient (Wildman–Crippen LogP) is 2.47. The molecule has 0 saturated carbocycles. The summed E-state index contributed by atoms with van der Waals surface area (Å²) >= 11 is 0. The number of hydrogen-bond donors (Lipinski definition) is 1. The molecule has 7 heteroatoms. The molecule has 1 aliphatic rings. The van der Waals surface area contributed by atoms with Crippen molar-refractivity contribution >= 4 is 28.6 Å². The SMILES string of the molecule is NC(=O)[C@H]1CC(=O)N(c2ccc3oc(-c4ccccc4F)nc3c2)C1. The first kappa shape index (κ1) is 15.3. The van der Waals surface area contributed by atoms with Gasteiger partial charge in [-0.1, -0.05) is 12.1 Å². The van der Waals surface area contributed by atoms with Crippen molar-refractivity contribution in [1.29, 1.82) is 0 Å². The molecule has 4 rings (SSSR count). The number of primary amides is 1. The fourth-order valence-corrected chi connectivity index (χ4v) is 2.98. The van der Waals surface area contributed by atoms with E-state index in [4.69, 9.17) is 10.2 Å². The molecule has 0 radical (unpaired) electrons. The first-order valence-corrected chi connectivity index (χ1v) is 7.78. The zero-order valence-corrected chi connectivity index (χ0v) is 13.1. The summed E-state index contributed by atoms with van der Waals surface area (Å²) in [7, 11) is 0. The van der Waals surface area contributed by atoms with Crippen molar-refractivity contribution < 1.29 is 18.4 Å². The summed E-state index contributed by atoms with van der Waals surface area (Å²) in [4.78, 5) is 29.3. The van der Waals surface area contributed by atoms with E-state index in [1.165, 1.54) is 11.0 Å². The van der Waals surface area contributed by atoms with Gasteiger partial charge in [-0.05, 0) is 30.3 Å². The van der Waals surface area contributed by atoms with Gasteiger partial charge in [0.05, 0.1) is 11.5 Å². The maximum Gasteiger partial charge on any atom is 0.230 e. The van der Waals surface area contributed by atoms with Crippen LogP contribution in [0.3, 0.4) is 0 Å². The van der Waals surface area contributed by atoms with E-state index in [-0.39, 0.29) is 30.3 Å². The number of oxazole rings is 1. The van der Waals surface area contributed by atoms with Gasteiger partial charge in [0, 0.05) is 18.7 Å². The molecule has 2 aromatic carbocycles. The zero-order chi connectivity index (χ0) is 17.6. The van der Waals surface area contributed by atoms with Crippen LogP contribution in [0.25, 0.3) is 22.6 Å². The van der Waals surface area contributed by atoms with Crippen LogP contribution < -0.4 is 10.6 Å². The summed E-state index contributed by atoms with van der Waals surface area (Å²) in [5.41, 5.74) is 7.16. The lowest BCUT2D eigenvalue weighted by molar-refractivity contribution is -0.123. The summed E-state index contributed by atoms with van der Waals surface area (Å²) in [6.07, 6.45) is 0.104. The zero-order valence-electron chi connectivity index (χ0n) is 13.1. The number of fused-ring (bicyclic) bond motifs is 1. The quantitative estimate of drug-likeness (QED) is 0.794. The highest BCUT2D eigenvalue weighted by atomic mass is 19.1. The van der Waals surface area contributed by atoms with Crippen molar-refractivity contribution in [3.63, 3.8) is 0 Å². The van der Waals surface area contributed by atoms with Gasteiger partial charge in [-0.3, -0.25) is 9.59 Å². The standard InChI is InChI=1S/C18H14FN3O3/c19-13-4-2-1-3-12(13)18-21-14-8-11(5-6-15(14)25-18)22-9-10(17(20)24)7-16(22)23/h1-6,8,10H,7,9H2,(H2,20,24)/t10-/m0/s1. The van der Waals surface area contributed by atoms with E-state index in [1.807, 2.05) is 0 Å². The Labute approximate surface area is 142 Å². The smallest absolute Gasteiger partial charge is 0.230 e. The van der Waals surface area contributed by atoms with E-state index >= 15 is 0 Å². The van der Waals surface area contributed by atoms with Crippen LogP contribution in [-0.4, -0.2) is 23.3 Å². The molecule has 0 bridgehead atoms. The molecule has 2 heterocycles. The number of hydrogen-bond acceptors (Lipinski definition) is 4. The first-order valence-electron chi connectivity index (χ1n) is 7.78. The van der Waals surface area contributed by atoms with Crippen molar-refractivity contribution in [2.24, 2.45) is 11.7 Å². The molecule has 3 aromatic rings. The van der Waals surface area contributed by atoms with Crippen LogP contribution in [0, 0.1) is 11.7 Å². The van der Waals surface area contributed by atoms with Gasteiger partial charge in [0.25, 0.3) is 0 Å². The van der Waals surface area contributed by atoms with E-state index in [1.54, 1.807) is 36.4 Å². The number of benzene rings is 2. The first-order chi connectivity index (χ1) is 12.0. The minimum absolute atomic E-state index is 0.104. The molecule has 0 unspecified atom stereocenters. The lowest BCUT2D eigenvalue weighted by Crippen LogP contribution is -2.28. The van der Waals surface area contributed by atoms with Crippen molar-refractivity contribution in [3.8, 4) is 11.5 Å². The Bertz CT molecular complexity index is 998. The molecule has 6 nitrogen and oxygen atoms in total. The predicted molar refractivity (Wildman–Crippen MR) is 89.1 cm³/mol.